The highest BCUT2D eigenvalue weighted by Gasteiger charge is 2.29. The summed E-state index contributed by atoms with van der Waals surface area (Å²) in [6, 6.07) is 11.8. The fourth-order valence-electron chi connectivity index (χ4n) is 2.99. The molecule has 9 nitrogen and oxygen atoms in total. The minimum atomic E-state index is -0.433. The van der Waals surface area contributed by atoms with Gasteiger partial charge in [0.1, 0.15) is 5.75 Å². The third-order valence-electron chi connectivity index (χ3n) is 4.87. The van der Waals surface area contributed by atoms with Crippen molar-refractivity contribution in [3.8, 4) is 17.0 Å². The number of thiazole rings is 1. The van der Waals surface area contributed by atoms with Crippen molar-refractivity contribution < 1.29 is 19.2 Å². The molecule has 0 aliphatic heterocycles. The number of nitro benzene ring substituents is 1. The van der Waals surface area contributed by atoms with Crippen LogP contribution in [-0.4, -0.2) is 28.3 Å². The maximum atomic E-state index is 12.3. The Labute approximate surface area is 187 Å². The van der Waals surface area contributed by atoms with Crippen LogP contribution in [0.3, 0.4) is 0 Å². The second-order valence-electron chi connectivity index (χ2n) is 7.42. The van der Waals surface area contributed by atoms with Gasteiger partial charge >= 0.3 is 0 Å². The number of rotatable bonds is 8. The number of amides is 2. The lowest BCUT2D eigenvalue weighted by atomic mass is 10.1. The van der Waals surface area contributed by atoms with E-state index < -0.39 is 10.8 Å². The van der Waals surface area contributed by atoms with Gasteiger partial charge in [0.25, 0.3) is 11.6 Å². The zero-order valence-electron chi connectivity index (χ0n) is 17.2. The summed E-state index contributed by atoms with van der Waals surface area (Å²) >= 11 is 1.21. The molecule has 1 fully saturated rings. The van der Waals surface area contributed by atoms with E-state index in [2.05, 4.69) is 15.6 Å². The molecule has 1 aliphatic rings. The van der Waals surface area contributed by atoms with Crippen LogP contribution in [0.2, 0.25) is 0 Å². The third-order valence-corrected chi connectivity index (χ3v) is 5.63. The molecule has 2 aromatic carbocycles. The molecule has 1 aliphatic carbocycles. The predicted octanol–water partition coefficient (Wildman–Crippen LogP) is 4.39. The Kier molecular flexibility index (Phi) is 6.13. The summed E-state index contributed by atoms with van der Waals surface area (Å²) in [6.07, 6.45) is 1.84. The van der Waals surface area contributed by atoms with Crippen molar-refractivity contribution in [3.63, 3.8) is 0 Å². The summed E-state index contributed by atoms with van der Waals surface area (Å²) in [5.41, 5.74) is 2.34. The van der Waals surface area contributed by atoms with Crippen LogP contribution < -0.4 is 15.4 Å². The zero-order chi connectivity index (χ0) is 22.7. The fourth-order valence-corrected chi connectivity index (χ4v) is 3.72. The Morgan fingerprint density at radius 3 is 2.78 bits per heavy atom. The number of carbonyl (C=O) groups is 2. The first-order valence-electron chi connectivity index (χ1n) is 9.93. The van der Waals surface area contributed by atoms with Crippen molar-refractivity contribution in [1.82, 2.24) is 4.98 Å². The molecule has 1 saturated carbocycles. The maximum absolute atomic E-state index is 12.3. The highest BCUT2D eigenvalue weighted by atomic mass is 32.1. The fraction of sp³-hybridized carbons (Fsp3) is 0.227. The van der Waals surface area contributed by atoms with Crippen LogP contribution in [0.4, 0.5) is 16.5 Å². The number of ether oxygens (including phenoxy) is 1. The smallest absolute Gasteiger partial charge is 0.272 e. The second kappa shape index (κ2) is 9.15. The molecule has 1 heterocycles. The van der Waals surface area contributed by atoms with E-state index >= 15 is 0 Å². The van der Waals surface area contributed by atoms with Gasteiger partial charge in [0.05, 0.1) is 10.6 Å². The second-order valence-corrected chi connectivity index (χ2v) is 8.28. The van der Waals surface area contributed by atoms with Crippen LogP contribution in [0, 0.1) is 23.0 Å². The first kappa shape index (κ1) is 21.4. The number of aromatic nitrogens is 1. The van der Waals surface area contributed by atoms with Gasteiger partial charge in [-0.25, -0.2) is 4.98 Å². The Balaban J connectivity index is 1.33. The minimum Gasteiger partial charge on any atom is -0.484 e. The third kappa shape index (κ3) is 5.27. The molecule has 0 atom stereocenters. The summed E-state index contributed by atoms with van der Waals surface area (Å²) in [5.74, 6) is 0.159. The van der Waals surface area contributed by atoms with Gasteiger partial charge in [-0.3, -0.25) is 25.0 Å². The van der Waals surface area contributed by atoms with E-state index in [4.69, 9.17) is 4.74 Å². The van der Waals surface area contributed by atoms with Gasteiger partial charge in [-0.1, -0.05) is 18.2 Å². The van der Waals surface area contributed by atoms with E-state index in [1.165, 1.54) is 17.4 Å². The van der Waals surface area contributed by atoms with Gasteiger partial charge in [0.2, 0.25) is 5.91 Å². The molecule has 0 saturated heterocycles. The van der Waals surface area contributed by atoms with Gasteiger partial charge < -0.3 is 10.1 Å². The number of nitrogens with one attached hydrogen (secondary N) is 2. The van der Waals surface area contributed by atoms with Crippen LogP contribution in [0.15, 0.2) is 47.8 Å². The molecule has 2 N–H and O–H groups in total. The van der Waals surface area contributed by atoms with Crippen LogP contribution >= 0.6 is 11.3 Å². The summed E-state index contributed by atoms with van der Waals surface area (Å²) in [6.45, 7) is 1.44. The topological polar surface area (TPSA) is 123 Å². The SMILES string of the molecule is Cc1ccc(-c2csc(NC(=O)COc3cccc(NC(=O)C4CC4)c3)n2)cc1[N+](=O)[O-]. The van der Waals surface area contributed by atoms with Crippen molar-refractivity contribution in [2.24, 2.45) is 5.92 Å². The molecule has 0 bridgehead atoms. The van der Waals surface area contributed by atoms with Gasteiger partial charge in [0.15, 0.2) is 11.7 Å². The summed E-state index contributed by atoms with van der Waals surface area (Å²) in [7, 11) is 0. The van der Waals surface area contributed by atoms with E-state index in [-0.39, 0.29) is 24.1 Å². The lowest BCUT2D eigenvalue weighted by Crippen LogP contribution is -2.20. The molecular weight excluding hydrogens is 432 g/mol. The summed E-state index contributed by atoms with van der Waals surface area (Å²) < 4.78 is 5.52. The number of hydrogen-bond donors (Lipinski definition) is 2. The predicted molar refractivity (Wildman–Crippen MR) is 121 cm³/mol. The zero-order valence-corrected chi connectivity index (χ0v) is 18.0. The first-order valence-corrected chi connectivity index (χ1v) is 10.8. The van der Waals surface area contributed by atoms with Crippen LogP contribution in [0.5, 0.6) is 5.75 Å². The molecule has 164 valence electrons. The van der Waals surface area contributed by atoms with Crippen LogP contribution in [0.25, 0.3) is 11.3 Å². The molecule has 4 rings (SSSR count). The van der Waals surface area contributed by atoms with E-state index in [0.29, 0.717) is 33.4 Å². The Morgan fingerprint density at radius 2 is 2.03 bits per heavy atom. The molecule has 3 aromatic rings. The monoisotopic (exact) mass is 452 g/mol. The summed E-state index contributed by atoms with van der Waals surface area (Å²) in [5, 5.41) is 18.7. The Bertz CT molecular complexity index is 1190. The number of nitrogens with zero attached hydrogens (tertiary/aromatic N) is 2. The molecule has 2 amide bonds. The highest BCUT2D eigenvalue weighted by Crippen LogP contribution is 2.31. The number of carbonyl (C=O) groups excluding carboxylic acids is 2. The normalized spacial score (nSPS) is 12.8. The number of hydrogen-bond acceptors (Lipinski definition) is 7. The van der Waals surface area contributed by atoms with Crippen molar-refractivity contribution in [3.05, 3.63) is 63.5 Å². The summed E-state index contributed by atoms with van der Waals surface area (Å²) in [4.78, 5) is 39.2. The van der Waals surface area contributed by atoms with Gasteiger partial charge in [-0.2, -0.15) is 0 Å². The Morgan fingerprint density at radius 1 is 1.22 bits per heavy atom. The van der Waals surface area contributed by atoms with E-state index in [1.807, 2.05) is 0 Å². The minimum absolute atomic E-state index is 0.00150. The van der Waals surface area contributed by atoms with Gasteiger partial charge in [-0.15, -0.1) is 11.3 Å². The lowest BCUT2D eigenvalue weighted by molar-refractivity contribution is -0.385. The highest BCUT2D eigenvalue weighted by molar-refractivity contribution is 7.14. The number of anilines is 2. The van der Waals surface area contributed by atoms with Gasteiger partial charge in [0, 0.05) is 40.2 Å². The van der Waals surface area contributed by atoms with Crippen molar-refractivity contribution in [1.29, 1.82) is 0 Å². The molecule has 0 radical (unpaired) electrons. The molecule has 0 unspecified atom stereocenters. The van der Waals surface area contributed by atoms with Crippen molar-refractivity contribution in [2.75, 3.05) is 17.2 Å². The molecule has 0 spiro atoms. The van der Waals surface area contributed by atoms with Crippen LogP contribution in [-0.2, 0) is 9.59 Å². The first-order chi connectivity index (χ1) is 15.4. The molecule has 1 aromatic heterocycles. The quantitative estimate of drug-likeness (QED) is 0.386. The number of nitro groups is 1. The Hall–Kier alpha value is -3.79. The van der Waals surface area contributed by atoms with E-state index in [0.717, 1.165) is 12.8 Å². The van der Waals surface area contributed by atoms with Crippen LogP contribution in [0.1, 0.15) is 18.4 Å². The van der Waals surface area contributed by atoms with E-state index in [9.17, 15) is 19.7 Å². The van der Waals surface area contributed by atoms with Crippen molar-refractivity contribution >= 4 is 39.7 Å². The molecule has 32 heavy (non-hydrogen) atoms. The molecular formula is C22H20N4O5S. The maximum Gasteiger partial charge on any atom is 0.272 e. The van der Waals surface area contributed by atoms with Crippen molar-refractivity contribution in [2.45, 2.75) is 19.8 Å². The largest absolute Gasteiger partial charge is 0.484 e. The number of aryl methyl sites for hydroxylation is 1. The lowest BCUT2D eigenvalue weighted by Gasteiger charge is -2.09. The molecule has 10 heteroatoms. The van der Waals surface area contributed by atoms with E-state index in [1.54, 1.807) is 48.7 Å². The van der Waals surface area contributed by atoms with Gasteiger partial charge in [-0.05, 0) is 31.9 Å². The number of benzene rings is 2. The average Bonchev–Trinajstić information content (AvgIpc) is 3.52. The average molecular weight is 452 g/mol. The standard InChI is InChI=1S/C22H20N4O5S/c1-13-5-6-15(9-19(13)26(29)30)18-12-32-22(24-18)25-20(27)11-31-17-4-2-3-16(10-17)23-21(28)14-7-8-14/h2-6,9-10,12,14H,7-8,11H2,1H3,(H,23,28)(H,24,25,27).